The zero-order valence-corrected chi connectivity index (χ0v) is 36.9. The lowest BCUT2D eigenvalue weighted by Crippen LogP contribution is -2.63. The summed E-state index contributed by atoms with van der Waals surface area (Å²) in [5.41, 5.74) is 1.02. The summed E-state index contributed by atoms with van der Waals surface area (Å²) in [5, 5.41) is 62.7. The van der Waals surface area contributed by atoms with E-state index < -0.39 is 54.2 Å². The number of Topliss-reactive ketones (excluding diaryl/α,β-unsaturated/α-hetero) is 1. The lowest BCUT2D eigenvalue weighted by Gasteiger charge is -2.59. The van der Waals surface area contributed by atoms with Crippen LogP contribution in [0, 0.1) is 28.6 Å². The number of hydrogen-bond acceptors (Lipinski definition) is 13. The highest BCUT2D eigenvalue weighted by Gasteiger charge is 2.75. The Labute approximate surface area is 373 Å². The van der Waals surface area contributed by atoms with Gasteiger partial charge in [-0.15, -0.1) is 0 Å². The Hall–Kier alpha value is -5.23. The van der Waals surface area contributed by atoms with Crippen molar-refractivity contribution >= 4 is 35.6 Å². The number of ether oxygens (including phenoxy) is 3. The van der Waals surface area contributed by atoms with Crippen LogP contribution in [-0.4, -0.2) is 111 Å². The van der Waals surface area contributed by atoms with Crippen molar-refractivity contribution in [3.63, 3.8) is 0 Å². The lowest BCUT2D eigenvalue weighted by atomic mass is 9.46. The second-order valence-corrected chi connectivity index (χ2v) is 17.7. The van der Waals surface area contributed by atoms with Crippen LogP contribution in [0.15, 0.2) is 78.4 Å². The highest BCUT2D eigenvalue weighted by Crippen LogP contribution is 2.69. The highest BCUT2D eigenvalue weighted by molar-refractivity contribution is 6.01. The van der Waals surface area contributed by atoms with Gasteiger partial charge in [-0.1, -0.05) is 57.0 Å². The van der Waals surface area contributed by atoms with Crippen molar-refractivity contribution in [3.8, 4) is 11.5 Å². The molecular weight excluding hydrogens is 829 g/mol. The van der Waals surface area contributed by atoms with Gasteiger partial charge in [0.25, 0.3) is 0 Å². The van der Waals surface area contributed by atoms with Gasteiger partial charge in [-0.05, 0) is 105 Å². The summed E-state index contributed by atoms with van der Waals surface area (Å²) in [4.78, 5) is 54.8. The van der Waals surface area contributed by atoms with E-state index in [1.54, 1.807) is 31.4 Å². The fraction of sp³-hybridized carbons (Fsp3) is 0.521. The van der Waals surface area contributed by atoms with Crippen molar-refractivity contribution in [1.82, 2.24) is 5.32 Å². The number of fused-ring (bicyclic) bond motifs is 7. The molecule has 8 N–H and O–H groups in total. The molecule has 1 amide bonds. The maximum absolute atomic E-state index is 13.2. The number of rotatable bonds is 15. The average molecular weight is 891 g/mol. The smallest absolute Gasteiger partial charge is 0.328 e. The van der Waals surface area contributed by atoms with Gasteiger partial charge in [0.15, 0.2) is 23.5 Å². The van der Waals surface area contributed by atoms with E-state index in [1.807, 2.05) is 37.3 Å². The number of carbonyl (C=O) groups excluding carboxylic acids is 3. The molecule has 0 spiro atoms. The number of carboxylic acid groups (broad SMARTS) is 2. The number of benzene rings is 2. The zero-order valence-electron chi connectivity index (χ0n) is 36.9. The first-order chi connectivity index (χ1) is 30.4. The van der Waals surface area contributed by atoms with Crippen molar-refractivity contribution < 1.29 is 68.8 Å². The number of phenols is 1. The second-order valence-electron chi connectivity index (χ2n) is 17.7. The van der Waals surface area contributed by atoms with Crippen LogP contribution in [0.1, 0.15) is 83.5 Å². The van der Waals surface area contributed by atoms with Gasteiger partial charge in [0.1, 0.15) is 18.1 Å². The van der Waals surface area contributed by atoms with Crippen LogP contribution in [0.4, 0.5) is 5.69 Å². The number of aliphatic hydroxyl groups is 3. The first kappa shape index (κ1) is 49.8. The molecule has 16 heteroatoms. The van der Waals surface area contributed by atoms with Gasteiger partial charge in [0, 0.05) is 41.5 Å². The van der Waals surface area contributed by atoms with Crippen LogP contribution < -0.4 is 15.4 Å². The predicted octanol–water partition coefficient (Wildman–Crippen LogP) is 4.65. The quantitative estimate of drug-likeness (QED) is 0.0688. The molecule has 1 aliphatic heterocycles. The van der Waals surface area contributed by atoms with E-state index in [4.69, 9.17) is 24.4 Å². The molecule has 7 rings (SSSR count). The molecule has 0 bridgehead atoms. The largest absolute Gasteiger partial charge is 0.506 e. The number of allylic oxidation sites excluding steroid dienone is 4. The Kier molecular flexibility index (Phi) is 16.5. The average Bonchev–Trinajstić information content (AvgIpc) is 3.75. The first-order valence-electron chi connectivity index (χ1n) is 21.7. The lowest BCUT2D eigenvalue weighted by molar-refractivity contribution is -0.200. The number of nitrogens with one attached hydrogen (secondary N) is 2. The fourth-order valence-corrected chi connectivity index (χ4v) is 10.8. The van der Waals surface area contributed by atoms with E-state index in [-0.39, 0.29) is 52.2 Å². The number of carboxylic acids is 2. The third kappa shape index (κ3) is 10.5. The Bertz CT molecular complexity index is 2090. The summed E-state index contributed by atoms with van der Waals surface area (Å²) < 4.78 is 17.8. The third-order valence-electron chi connectivity index (χ3n) is 13.7. The molecule has 4 aliphatic carbocycles. The number of amides is 1. The molecule has 11 atom stereocenters. The van der Waals surface area contributed by atoms with E-state index in [1.165, 1.54) is 11.6 Å². The summed E-state index contributed by atoms with van der Waals surface area (Å²) in [7, 11) is 1.64. The first-order valence-corrected chi connectivity index (χ1v) is 21.7. The van der Waals surface area contributed by atoms with Gasteiger partial charge in [-0.25, -0.2) is 9.59 Å². The minimum atomic E-state index is -1.26. The number of aliphatic hydroxyl groups excluding tert-OH is 3. The molecule has 5 aliphatic rings. The molecule has 64 heavy (non-hydrogen) atoms. The van der Waals surface area contributed by atoms with Crippen LogP contribution in [-0.2, 0) is 39.9 Å². The fourth-order valence-electron chi connectivity index (χ4n) is 10.8. The van der Waals surface area contributed by atoms with Crippen molar-refractivity contribution in [1.29, 1.82) is 0 Å². The number of ketones is 2. The Balaban J connectivity index is 0.000000210. The predicted molar refractivity (Wildman–Crippen MR) is 234 cm³/mol. The van der Waals surface area contributed by atoms with Gasteiger partial charge in [-0.2, -0.15) is 0 Å². The molecule has 0 radical (unpaired) electrons. The van der Waals surface area contributed by atoms with Crippen LogP contribution >= 0.6 is 0 Å². The molecule has 1 heterocycles. The SMILES string of the molecule is CCCC1O[C@@H]2C[C@H]3[C@@H]4CCC5=CC(=O)C=C[C@]5(C)[C@H]4[C@@H](O)C[C@]3(C)[C@]2(C(=O)CO)O1.COc1ccc(C[C@@H](C)NC[C@H](O)c2ccc(O)c(NC=O)c2)cc1.O=C(O)/C=C/C(=O)O. The monoisotopic (exact) mass is 890 g/mol. The van der Waals surface area contributed by atoms with Gasteiger partial charge in [0.2, 0.25) is 6.41 Å². The number of carbonyl (C=O) groups is 5. The number of aromatic hydroxyl groups is 1. The molecule has 16 nitrogen and oxygen atoms in total. The van der Waals surface area contributed by atoms with E-state index in [0.29, 0.717) is 49.9 Å². The molecule has 2 aromatic carbocycles. The van der Waals surface area contributed by atoms with Crippen LogP contribution in [0.2, 0.25) is 0 Å². The van der Waals surface area contributed by atoms with Crippen LogP contribution in [0.25, 0.3) is 0 Å². The minimum Gasteiger partial charge on any atom is -0.506 e. The molecular formula is C48H62N2O14. The summed E-state index contributed by atoms with van der Waals surface area (Å²) in [5.74, 6) is -1.70. The number of phenolic OH excluding ortho intramolecular Hbond substituents is 1. The number of aliphatic carboxylic acids is 2. The van der Waals surface area contributed by atoms with Gasteiger partial charge < -0.3 is 55.5 Å². The molecule has 1 unspecified atom stereocenters. The van der Waals surface area contributed by atoms with Crippen LogP contribution in [0.5, 0.6) is 11.5 Å². The molecule has 2 aromatic rings. The molecule has 3 saturated carbocycles. The van der Waals surface area contributed by atoms with E-state index in [9.17, 15) is 44.4 Å². The van der Waals surface area contributed by atoms with E-state index in [2.05, 4.69) is 31.4 Å². The van der Waals surface area contributed by atoms with E-state index >= 15 is 0 Å². The summed E-state index contributed by atoms with van der Waals surface area (Å²) in [6.07, 6.45) is 10.00. The highest BCUT2D eigenvalue weighted by atomic mass is 16.7. The Morgan fingerprint density at radius 1 is 1.06 bits per heavy atom. The number of anilines is 1. The van der Waals surface area contributed by atoms with Crippen molar-refractivity contribution in [2.75, 3.05) is 25.6 Å². The maximum atomic E-state index is 13.2. The topological polar surface area (TPSA) is 258 Å². The van der Waals surface area contributed by atoms with Gasteiger partial charge in [0.05, 0.1) is 31.1 Å². The van der Waals surface area contributed by atoms with Crippen molar-refractivity contribution in [2.45, 2.75) is 109 Å². The van der Waals surface area contributed by atoms with E-state index in [0.717, 1.165) is 37.0 Å². The Morgan fingerprint density at radius 2 is 1.75 bits per heavy atom. The van der Waals surface area contributed by atoms with Gasteiger partial charge >= 0.3 is 11.9 Å². The summed E-state index contributed by atoms with van der Waals surface area (Å²) in [6.45, 7) is 8.09. The minimum absolute atomic E-state index is 0.0125. The molecule has 348 valence electrons. The second kappa shape index (κ2) is 21.2. The van der Waals surface area contributed by atoms with Crippen molar-refractivity contribution in [2.24, 2.45) is 28.6 Å². The van der Waals surface area contributed by atoms with Crippen molar-refractivity contribution in [3.05, 3.63) is 89.5 Å². The Morgan fingerprint density at radius 3 is 2.36 bits per heavy atom. The maximum Gasteiger partial charge on any atom is 0.328 e. The standard InChI is InChI=1S/C25H34O6.C19H24N2O4.C4H4O4/c1-4-5-21-30-20-11-17-16-7-6-14-10-15(27)8-9-23(14,2)22(16)18(28)12-24(17,3)25(20,31-21)19(29)13-26;1-13(9-14-3-6-16(25-2)7-4-14)20-11-19(24)15-5-8-18(23)17(10-15)21-12-22;5-3(6)1-2-4(7)8/h8-10,16-18,20-22,26,28H,4-7,11-13H2,1-3H3;3-8,10,12-13,19-20,23-24H,9,11H2,1-2H3,(H,21,22);1-2H,(H,5,6)(H,7,8)/b;;2-1+/t16-,17-,18-,20+,21?,22+,23-,24-,25+;13-,19+;/m01./s1. The molecule has 4 fully saturated rings. The number of hydrogen-bond donors (Lipinski definition) is 8. The summed E-state index contributed by atoms with van der Waals surface area (Å²) in [6, 6.07) is 12.7. The molecule has 1 saturated heterocycles. The summed E-state index contributed by atoms with van der Waals surface area (Å²) >= 11 is 0. The number of methoxy groups -OCH3 is 1. The van der Waals surface area contributed by atoms with Gasteiger partial charge in [-0.3, -0.25) is 14.4 Å². The van der Waals surface area contributed by atoms with Crippen LogP contribution in [0.3, 0.4) is 0 Å². The molecule has 0 aromatic heterocycles. The third-order valence-corrected chi connectivity index (χ3v) is 13.7. The normalized spacial score (nSPS) is 30.7. The zero-order chi connectivity index (χ0) is 47.0.